The predicted octanol–water partition coefficient (Wildman–Crippen LogP) is 2.46. The molecule has 2 N–H and O–H groups in total. The number of aliphatic carboxylic acids is 1. The third kappa shape index (κ3) is 4.79. The Kier molecular flexibility index (Phi) is 6.30. The molecule has 1 saturated heterocycles. The van der Waals surface area contributed by atoms with Crippen molar-refractivity contribution in [3.05, 3.63) is 24.3 Å². The largest absolute Gasteiger partial charge is 0.481 e. The summed E-state index contributed by atoms with van der Waals surface area (Å²) in [5.74, 6) is -1.30. The summed E-state index contributed by atoms with van der Waals surface area (Å²) < 4.78 is 32.8. The minimum Gasteiger partial charge on any atom is -0.481 e. The van der Waals surface area contributed by atoms with Crippen LogP contribution in [-0.2, 0) is 24.3 Å². The number of carboxylic acids is 1. The predicted molar refractivity (Wildman–Crippen MR) is 107 cm³/mol. The van der Waals surface area contributed by atoms with Gasteiger partial charge in [0.1, 0.15) is 0 Å². The summed E-state index contributed by atoms with van der Waals surface area (Å²) in [4.78, 5) is 24.1. The van der Waals surface area contributed by atoms with Gasteiger partial charge in [-0.1, -0.05) is 12.8 Å². The maximum Gasteiger partial charge on any atom is 0.310 e. The zero-order chi connectivity index (χ0) is 21.2. The highest BCUT2D eigenvalue weighted by molar-refractivity contribution is 7.89. The van der Waals surface area contributed by atoms with Gasteiger partial charge in [0.15, 0.2) is 0 Å². The summed E-state index contributed by atoms with van der Waals surface area (Å²) >= 11 is 0. The maximum atomic E-state index is 12.9. The number of anilines is 1. The molecule has 8 nitrogen and oxygen atoms in total. The fraction of sp³-hybridized carbons (Fsp3) is 0.600. The van der Waals surface area contributed by atoms with E-state index in [2.05, 4.69) is 5.32 Å². The van der Waals surface area contributed by atoms with Crippen LogP contribution >= 0.6 is 0 Å². The molecule has 0 spiro atoms. The van der Waals surface area contributed by atoms with Gasteiger partial charge in [0.2, 0.25) is 15.9 Å². The van der Waals surface area contributed by atoms with Gasteiger partial charge in [-0.3, -0.25) is 9.59 Å². The van der Waals surface area contributed by atoms with Crippen LogP contribution in [0.4, 0.5) is 5.69 Å². The Labute approximate surface area is 171 Å². The average Bonchev–Trinajstić information content (AvgIpc) is 3.11. The first-order valence-electron chi connectivity index (χ1n) is 9.91. The van der Waals surface area contributed by atoms with Gasteiger partial charge < -0.3 is 15.2 Å². The van der Waals surface area contributed by atoms with Crippen LogP contribution in [0.3, 0.4) is 0 Å². The normalized spacial score (nSPS) is 24.9. The number of carbonyl (C=O) groups excluding carboxylic acids is 1. The Bertz CT molecular complexity index is 851. The smallest absolute Gasteiger partial charge is 0.310 e. The number of carbonyl (C=O) groups is 2. The molecule has 1 saturated carbocycles. The number of sulfonamides is 1. The van der Waals surface area contributed by atoms with Crippen LogP contribution in [0, 0.1) is 5.41 Å². The number of rotatable bonds is 6. The molecule has 2 aliphatic rings. The third-order valence-corrected chi connectivity index (χ3v) is 7.52. The topological polar surface area (TPSA) is 113 Å². The lowest BCUT2D eigenvalue weighted by Crippen LogP contribution is -2.48. The van der Waals surface area contributed by atoms with Crippen LogP contribution < -0.4 is 5.32 Å². The average molecular weight is 425 g/mol. The molecule has 160 valence electrons. The van der Waals surface area contributed by atoms with E-state index in [0.29, 0.717) is 31.6 Å². The molecule has 1 amide bonds. The van der Waals surface area contributed by atoms with Crippen LogP contribution in [0.25, 0.3) is 0 Å². The van der Waals surface area contributed by atoms with E-state index in [1.807, 2.05) is 13.8 Å². The van der Waals surface area contributed by atoms with Crippen LogP contribution in [0.5, 0.6) is 0 Å². The summed E-state index contributed by atoms with van der Waals surface area (Å²) in [6, 6.07) is 5.97. The SMILES string of the molecule is C[C@@H]1CN(S(=O)(=O)c2ccc(NC(=O)CC3(C(=O)O)CCCC3)cc2)C[C@H](C)O1. The van der Waals surface area contributed by atoms with Crippen molar-refractivity contribution in [3.63, 3.8) is 0 Å². The minimum atomic E-state index is -3.65. The van der Waals surface area contributed by atoms with Gasteiger partial charge in [0.05, 0.1) is 22.5 Å². The number of hydrogen-bond acceptors (Lipinski definition) is 5. The molecule has 9 heteroatoms. The molecule has 1 heterocycles. The molecule has 0 aromatic heterocycles. The van der Waals surface area contributed by atoms with E-state index < -0.39 is 21.4 Å². The van der Waals surface area contributed by atoms with E-state index >= 15 is 0 Å². The van der Waals surface area contributed by atoms with Crippen LogP contribution in [-0.4, -0.2) is 55.0 Å². The molecule has 0 radical (unpaired) electrons. The number of carboxylic acid groups (broad SMARTS) is 1. The quantitative estimate of drug-likeness (QED) is 0.725. The molecule has 1 aromatic rings. The van der Waals surface area contributed by atoms with Crippen molar-refractivity contribution < 1.29 is 27.9 Å². The fourth-order valence-electron chi connectivity index (χ4n) is 4.22. The molecule has 1 aliphatic heterocycles. The fourth-order valence-corrected chi connectivity index (χ4v) is 5.81. The Morgan fingerprint density at radius 3 is 2.21 bits per heavy atom. The van der Waals surface area contributed by atoms with Crippen molar-refractivity contribution in [3.8, 4) is 0 Å². The highest BCUT2D eigenvalue weighted by atomic mass is 32.2. The number of nitrogens with zero attached hydrogens (tertiary/aromatic N) is 1. The van der Waals surface area contributed by atoms with Gasteiger partial charge >= 0.3 is 5.97 Å². The lowest BCUT2D eigenvalue weighted by molar-refractivity contribution is -0.150. The first-order chi connectivity index (χ1) is 13.6. The molecule has 2 atom stereocenters. The monoisotopic (exact) mass is 424 g/mol. The first kappa shape index (κ1) is 21.7. The van der Waals surface area contributed by atoms with E-state index in [9.17, 15) is 23.1 Å². The van der Waals surface area contributed by atoms with Gasteiger partial charge in [0.25, 0.3) is 0 Å². The number of hydrogen-bond donors (Lipinski definition) is 2. The Balaban J connectivity index is 1.67. The first-order valence-corrected chi connectivity index (χ1v) is 11.4. The van der Waals surface area contributed by atoms with Crippen LogP contribution in [0.15, 0.2) is 29.2 Å². The van der Waals surface area contributed by atoms with Gasteiger partial charge in [-0.05, 0) is 51.0 Å². The van der Waals surface area contributed by atoms with E-state index in [4.69, 9.17) is 4.74 Å². The highest BCUT2D eigenvalue weighted by Crippen LogP contribution is 2.41. The molecular formula is C20H28N2O6S. The lowest BCUT2D eigenvalue weighted by Gasteiger charge is -2.34. The third-order valence-electron chi connectivity index (χ3n) is 5.68. The zero-order valence-corrected chi connectivity index (χ0v) is 17.6. The second kappa shape index (κ2) is 8.41. The second-order valence-corrected chi connectivity index (χ2v) is 10.1. The minimum absolute atomic E-state index is 0.0774. The second-order valence-electron chi connectivity index (χ2n) is 8.12. The number of amides is 1. The molecule has 3 rings (SSSR count). The van der Waals surface area contributed by atoms with Gasteiger partial charge in [0, 0.05) is 25.2 Å². The Morgan fingerprint density at radius 1 is 1.14 bits per heavy atom. The maximum absolute atomic E-state index is 12.9. The standard InChI is InChI=1S/C20H28N2O6S/c1-14-12-22(13-15(2)28-14)29(26,27)17-7-5-16(6-8-17)21-18(23)11-20(19(24)25)9-3-4-10-20/h5-8,14-15H,3-4,9-13H2,1-2H3,(H,21,23)(H,24,25)/t14-,15+. The molecule has 0 unspecified atom stereocenters. The van der Waals surface area contributed by atoms with Crippen LogP contribution in [0.2, 0.25) is 0 Å². The van der Waals surface area contributed by atoms with Crippen molar-refractivity contribution in [1.82, 2.24) is 4.31 Å². The van der Waals surface area contributed by atoms with Crippen LogP contribution in [0.1, 0.15) is 46.0 Å². The summed E-state index contributed by atoms with van der Waals surface area (Å²) in [6.07, 6.45) is 2.20. The van der Waals surface area contributed by atoms with E-state index in [0.717, 1.165) is 12.8 Å². The molecule has 1 aromatic carbocycles. The molecule has 1 aliphatic carbocycles. The van der Waals surface area contributed by atoms with Crippen molar-refractivity contribution in [2.24, 2.45) is 5.41 Å². The highest BCUT2D eigenvalue weighted by Gasteiger charge is 2.43. The van der Waals surface area contributed by atoms with E-state index in [-0.39, 0.29) is 29.4 Å². The van der Waals surface area contributed by atoms with E-state index in [1.165, 1.54) is 28.6 Å². The summed E-state index contributed by atoms with van der Waals surface area (Å²) in [5.41, 5.74) is -0.548. The van der Waals surface area contributed by atoms with Crippen molar-refractivity contribution in [2.45, 2.75) is 63.1 Å². The summed E-state index contributed by atoms with van der Waals surface area (Å²) in [7, 11) is -3.65. The summed E-state index contributed by atoms with van der Waals surface area (Å²) in [5, 5.41) is 12.2. The van der Waals surface area contributed by atoms with Crippen molar-refractivity contribution in [2.75, 3.05) is 18.4 Å². The number of nitrogens with one attached hydrogen (secondary N) is 1. The number of ether oxygens (including phenoxy) is 1. The lowest BCUT2D eigenvalue weighted by atomic mass is 9.82. The molecule has 2 fully saturated rings. The molecular weight excluding hydrogens is 396 g/mol. The number of morpholine rings is 1. The molecule has 29 heavy (non-hydrogen) atoms. The molecule has 0 bridgehead atoms. The van der Waals surface area contributed by atoms with Gasteiger partial charge in [-0.25, -0.2) is 8.42 Å². The Morgan fingerprint density at radius 2 is 1.69 bits per heavy atom. The zero-order valence-electron chi connectivity index (χ0n) is 16.8. The van der Waals surface area contributed by atoms with E-state index in [1.54, 1.807) is 0 Å². The summed E-state index contributed by atoms with van der Waals surface area (Å²) in [6.45, 7) is 4.26. The number of benzene rings is 1. The Hall–Kier alpha value is -1.97. The van der Waals surface area contributed by atoms with Crippen molar-refractivity contribution in [1.29, 1.82) is 0 Å². The van der Waals surface area contributed by atoms with Crippen molar-refractivity contribution >= 4 is 27.6 Å². The van der Waals surface area contributed by atoms with Gasteiger partial charge in [-0.15, -0.1) is 0 Å². The van der Waals surface area contributed by atoms with Gasteiger partial charge in [-0.2, -0.15) is 4.31 Å².